The Labute approximate surface area is 181 Å². The van der Waals surface area contributed by atoms with Crippen molar-refractivity contribution in [1.82, 2.24) is 5.01 Å². The Hall–Kier alpha value is -3.55. The highest BCUT2D eigenvalue weighted by atomic mass is 16.5. The zero-order valence-corrected chi connectivity index (χ0v) is 17.8. The van der Waals surface area contributed by atoms with Crippen molar-refractivity contribution < 1.29 is 28.9 Å². The van der Waals surface area contributed by atoms with Crippen LogP contribution in [0.25, 0.3) is 0 Å². The molecule has 0 spiro atoms. The van der Waals surface area contributed by atoms with E-state index in [4.69, 9.17) is 19.3 Å². The van der Waals surface area contributed by atoms with Gasteiger partial charge in [0.2, 0.25) is 5.91 Å². The molecular formula is C23H26N2O6. The molecule has 2 aromatic rings. The molecule has 0 aliphatic carbocycles. The molecule has 0 saturated carbocycles. The van der Waals surface area contributed by atoms with Crippen molar-refractivity contribution >= 4 is 17.6 Å². The van der Waals surface area contributed by atoms with Crippen LogP contribution in [0.2, 0.25) is 0 Å². The minimum absolute atomic E-state index is 0.0565. The van der Waals surface area contributed by atoms with Gasteiger partial charge in [0.05, 0.1) is 33.1 Å². The van der Waals surface area contributed by atoms with Crippen molar-refractivity contribution in [3.63, 3.8) is 0 Å². The molecule has 0 aromatic heterocycles. The zero-order chi connectivity index (χ0) is 22.4. The topological polar surface area (TPSA) is 97.7 Å². The number of benzene rings is 2. The van der Waals surface area contributed by atoms with Gasteiger partial charge in [0.25, 0.3) is 0 Å². The van der Waals surface area contributed by atoms with Crippen LogP contribution in [0.1, 0.15) is 42.9 Å². The quantitative estimate of drug-likeness (QED) is 0.657. The lowest BCUT2D eigenvalue weighted by Gasteiger charge is -2.22. The van der Waals surface area contributed by atoms with Gasteiger partial charge in [-0.05, 0) is 42.3 Å². The lowest BCUT2D eigenvalue weighted by molar-refractivity contribution is -0.137. The van der Waals surface area contributed by atoms with Gasteiger partial charge < -0.3 is 19.3 Å². The number of amides is 1. The molecule has 0 radical (unpaired) electrons. The third-order valence-electron chi connectivity index (χ3n) is 5.16. The number of carboxylic acids is 1. The van der Waals surface area contributed by atoms with Crippen LogP contribution in [-0.4, -0.2) is 49.0 Å². The number of hydrogen-bond donors (Lipinski definition) is 1. The normalized spacial score (nSPS) is 15.4. The van der Waals surface area contributed by atoms with E-state index in [-0.39, 0.29) is 31.2 Å². The maximum absolute atomic E-state index is 12.9. The molecule has 1 aliphatic heterocycles. The fourth-order valence-corrected chi connectivity index (χ4v) is 3.52. The highest BCUT2D eigenvalue weighted by Crippen LogP contribution is 2.36. The third kappa shape index (κ3) is 5.14. The van der Waals surface area contributed by atoms with Crippen molar-refractivity contribution in [1.29, 1.82) is 0 Å². The van der Waals surface area contributed by atoms with Crippen LogP contribution in [0, 0.1) is 0 Å². The number of carboxylic acid groups (broad SMARTS) is 1. The number of hydrogen-bond acceptors (Lipinski definition) is 6. The minimum atomic E-state index is -0.921. The highest BCUT2D eigenvalue weighted by Gasteiger charge is 2.33. The zero-order valence-electron chi connectivity index (χ0n) is 17.8. The van der Waals surface area contributed by atoms with Crippen LogP contribution in [0.15, 0.2) is 47.6 Å². The minimum Gasteiger partial charge on any atom is -0.497 e. The van der Waals surface area contributed by atoms with Crippen LogP contribution in [-0.2, 0) is 9.59 Å². The van der Waals surface area contributed by atoms with Gasteiger partial charge in [-0.3, -0.25) is 9.59 Å². The molecule has 8 heteroatoms. The van der Waals surface area contributed by atoms with Crippen LogP contribution >= 0.6 is 0 Å². The fourth-order valence-electron chi connectivity index (χ4n) is 3.52. The smallest absolute Gasteiger partial charge is 0.303 e. The highest BCUT2D eigenvalue weighted by molar-refractivity contribution is 6.03. The van der Waals surface area contributed by atoms with Gasteiger partial charge >= 0.3 is 5.97 Å². The predicted molar refractivity (Wildman–Crippen MR) is 115 cm³/mol. The summed E-state index contributed by atoms with van der Waals surface area (Å²) in [6.45, 7) is 0. The summed E-state index contributed by atoms with van der Waals surface area (Å²) < 4.78 is 15.9. The van der Waals surface area contributed by atoms with Gasteiger partial charge in [0.1, 0.15) is 5.75 Å². The molecule has 3 rings (SSSR count). The molecule has 1 amide bonds. The van der Waals surface area contributed by atoms with E-state index >= 15 is 0 Å². The molecule has 1 heterocycles. The molecule has 8 nitrogen and oxygen atoms in total. The van der Waals surface area contributed by atoms with Gasteiger partial charge in [-0.15, -0.1) is 0 Å². The van der Waals surface area contributed by atoms with Crippen LogP contribution < -0.4 is 14.2 Å². The molecular weight excluding hydrogens is 400 g/mol. The molecule has 0 saturated heterocycles. The van der Waals surface area contributed by atoms with E-state index in [1.54, 1.807) is 27.4 Å². The summed E-state index contributed by atoms with van der Waals surface area (Å²) in [6.07, 6.45) is 0.842. The lowest BCUT2D eigenvalue weighted by atomic mass is 9.98. The van der Waals surface area contributed by atoms with Crippen molar-refractivity contribution in [3.05, 3.63) is 53.6 Å². The van der Waals surface area contributed by atoms with E-state index in [9.17, 15) is 9.59 Å². The predicted octanol–water partition coefficient (Wildman–Crippen LogP) is 3.65. The maximum Gasteiger partial charge on any atom is 0.303 e. The third-order valence-corrected chi connectivity index (χ3v) is 5.16. The number of methoxy groups -OCH3 is 3. The standard InChI is InChI=1S/C23H26N2O6/c1-29-17-10-7-15(8-11-17)19-14-18(16-9-12-20(30-2)21(13-16)31-3)24-25(19)22(26)5-4-6-23(27)28/h7-13,19H,4-6,14H2,1-3H3,(H,27,28)/t19-/m1/s1. The van der Waals surface area contributed by atoms with E-state index in [1.807, 2.05) is 36.4 Å². The largest absolute Gasteiger partial charge is 0.497 e. The molecule has 1 aliphatic rings. The first-order valence-corrected chi connectivity index (χ1v) is 9.94. The van der Waals surface area contributed by atoms with E-state index in [0.717, 1.165) is 22.6 Å². The molecule has 1 atom stereocenters. The Morgan fingerprint density at radius 2 is 1.71 bits per heavy atom. The number of hydrazone groups is 1. The Morgan fingerprint density at radius 1 is 1.00 bits per heavy atom. The molecule has 31 heavy (non-hydrogen) atoms. The van der Waals surface area contributed by atoms with E-state index in [1.165, 1.54) is 5.01 Å². The van der Waals surface area contributed by atoms with Gasteiger partial charge in [-0.25, -0.2) is 5.01 Å². The summed E-state index contributed by atoms with van der Waals surface area (Å²) in [5, 5.41) is 14.9. The average Bonchev–Trinajstić information content (AvgIpc) is 3.24. The number of rotatable bonds is 9. The van der Waals surface area contributed by atoms with Gasteiger partial charge in [0.15, 0.2) is 11.5 Å². The number of carbonyl (C=O) groups is 2. The Balaban J connectivity index is 1.90. The van der Waals surface area contributed by atoms with Gasteiger partial charge in [-0.1, -0.05) is 12.1 Å². The summed E-state index contributed by atoms with van der Waals surface area (Å²) in [5.74, 6) is 0.781. The first kappa shape index (κ1) is 22.1. The number of ether oxygens (including phenoxy) is 3. The molecule has 1 N–H and O–H groups in total. The Morgan fingerprint density at radius 3 is 2.32 bits per heavy atom. The van der Waals surface area contributed by atoms with E-state index in [2.05, 4.69) is 5.10 Å². The Kier molecular flexibility index (Phi) is 7.12. The second-order valence-corrected chi connectivity index (χ2v) is 7.10. The summed E-state index contributed by atoms with van der Waals surface area (Å²) in [6, 6.07) is 12.7. The van der Waals surface area contributed by atoms with Gasteiger partial charge in [0, 0.05) is 24.8 Å². The second-order valence-electron chi connectivity index (χ2n) is 7.10. The van der Waals surface area contributed by atoms with Gasteiger partial charge in [-0.2, -0.15) is 5.10 Å². The number of aliphatic carboxylic acids is 1. The second kappa shape index (κ2) is 9.97. The van der Waals surface area contributed by atoms with Crippen LogP contribution in [0.3, 0.4) is 0 Å². The monoisotopic (exact) mass is 426 g/mol. The first-order chi connectivity index (χ1) is 15.0. The first-order valence-electron chi connectivity index (χ1n) is 9.94. The summed E-state index contributed by atoms with van der Waals surface area (Å²) in [7, 11) is 4.74. The van der Waals surface area contributed by atoms with Crippen molar-refractivity contribution in [2.24, 2.45) is 5.10 Å². The maximum atomic E-state index is 12.9. The van der Waals surface area contributed by atoms with Crippen LogP contribution in [0.4, 0.5) is 0 Å². The average molecular weight is 426 g/mol. The molecule has 0 bridgehead atoms. The summed E-state index contributed by atoms with van der Waals surface area (Å²) in [4.78, 5) is 23.7. The van der Waals surface area contributed by atoms with Crippen LogP contribution in [0.5, 0.6) is 17.2 Å². The SMILES string of the molecule is COc1ccc([C@H]2CC(c3ccc(OC)c(OC)c3)=NN2C(=O)CCCC(=O)O)cc1. The molecule has 0 unspecified atom stereocenters. The fraction of sp³-hybridized carbons (Fsp3) is 0.348. The molecule has 2 aromatic carbocycles. The number of nitrogens with zero attached hydrogens (tertiary/aromatic N) is 2. The summed E-state index contributed by atoms with van der Waals surface area (Å²) >= 11 is 0. The lowest BCUT2D eigenvalue weighted by Crippen LogP contribution is -2.27. The Bertz CT molecular complexity index is 971. The van der Waals surface area contributed by atoms with E-state index < -0.39 is 5.97 Å². The van der Waals surface area contributed by atoms with Crippen molar-refractivity contribution in [2.75, 3.05) is 21.3 Å². The van der Waals surface area contributed by atoms with Crippen molar-refractivity contribution in [3.8, 4) is 17.2 Å². The van der Waals surface area contributed by atoms with Crippen molar-refractivity contribution in [2.45, 2.75) is 31.7 Å². The number of carbonyl (C=O) groups excluding carboxylic acids is 1. The molecule has 164 valence electrons. The summed E-state index contributed by atoms with van der Waals surface area (Å²) in [5.41, 5.74) is 2.50. The molecule has 0 fully saturated rings. The van der Waals surface area contributed by atoms with E-state index in [0.29, 0.717) is 17.9 Å².